The minimum absolute atomic E-state index is 0.416. The van der Waals surface area contributed by atoms with Gasteiger partial charge in [0.15, 0.2) is 0 Å². The summed E-state index contributed by atoms with van der Waals surface area (Å²) in [7, 11) is 0. The Bertz CT molecular complexity index is 540. The number of benzene rings is 2. The van der Waals surface area contributed by atoms with Crippen molar-refractivity contribution < 1.29 is 0 Å². The second-order valence-corrected chi connectivity index (χ2v) is 5.20. The summed E-state index contributed by atoms with van der Waals surface area (Å²) in [6, 6.07) is 15.9. The van der Waals surface area contributed by atoms with Crippen LogP contribution in [0.4, 0.5) is 0 Å². The molecule has 0 aromatic heterocycles. The summed E-state index contributed by atoms with van der Waals surface area (Å²) in [6.45, 7) is 9.66. The fraction of sp³-hybridized carbons (Fsp3) is 0.333. The lowest BCUT2D eigenvalue weighted by molar-refractivity contribution is 0.598. The third-order valence-electron chi connectivity index (χ3n) is 3.76. The van der Waals surface area contributed by atoms with Crippen LogP contribution < -0.4 is 5.32 Å². The molecule has 2 aromatic carbocycles. The molecule has 100 valence electrons. The van der Waals surface area contributed by atoms with Gasteiger partial charge in [-0.1, -0.05) is 49.4 Å². The van der Waals surface area contributed by atoms with Crippen molar-refractivity contribution in [1.82, 2.24) is 5.32 Å². The molecule has 1 N–H and O–H groups in total. The number of nitrogens with one attached hydrogen (secondary N) is 1. The standard InChI is InChI=1S/C18H23N/c1-5-19-15(4)16-8-10-17(11-9-16)18-7-6-13(2)14(3)12-18/h6-12,15,19H,5H2,1-4H3. The minimum Gasteiger partial charge on any atom is -0.310 e. The number of rotatable bonds is 4. The van der Waals surface area contributed by atoms with Gasteiger partial charge in [-0.25, -0.2) is 0 Å². The van der Waals surface area contributed by atoms with E-state index in [2.05, 4.69) is 75.5 Å². The predicted octanol–water partition coefficient (Wildman–Crippen LogP) is 4.64. The van der Waals surface area contributed by atoms with Crippen LogP contribution >= 0.6 is 0 Å². The first kappa shape index (κ1) is 13.8. The fourth-order valence-electron chi connectivity index (χ4n) is 2.31. The first-order valence-corrected chi connectivity index (χ1v) is 7.02. The Labute approximate surface area is 116 Å². The largest absolute Gasteiger partial charge is 0.310 e. The quantitative estimate of drug-likeness (QED) is 0.837. The lowest BCUT2D eigenvalue weighted by Gasteiger charge is -2.13. The van der Waals surface area contributed by atoms with Gasteiger partial charge in [0.1, 0.15) is 0 Å². The van der Waals surface area contributed by atoms with E-state index in [0.717, 1.165) is 6.54 Å². The number of hydrogen-bond acceptors (Lipinski definition) is 1. The minimum atomic E-state index is 0.416. The topological polar surface area (TPSA) is 12.0 Å². The van der Waals surface area contributed by atoms with E-state index in [9.17, 15) is 0 Å². The molecular formula is C18H23N. The third kappa shape index (κ3) is 3.24. The molecule has 2 rings (SSSR count). The summed E-state index contributed by atoms with van der Waals surface area (Å²) in [5.41, 5.74) is 6.62. The maximum Gasteiger partial charge on any atom is 0.0291 e. The normalized spacial score (nSPS) is 12.4. The van der Waals surface area contributed by atoms with Crippen LogP contribution in [0.25, 0.3) is 11.1 Å². The first-order valence-electron chi connectivity index (χ1n) is 7.02. The summed E-state index contributed by atoms with van der Waals surface area (Å²) in [6.07, 6.45) is 0. The molecule has 1 heteroatoms. The van der Waals surface area contributed by atoms with Gasteiger partial charge in [0.2, 0.25) is 0 Å². The second-order valence-electron chi connectivity index (χ2n) is 5.20. The Kier molecular flexibility index (Phi) is 4.39. The van der Waals surface area contributed by atoms with E-state index >= 15 is 0 Å². The number of aryl methyl sites for hydroxylation is 2. The molecule has 0 bridgehead atoms. The SMILES string of the molecule is CCNC(C)c1ccc(-c2ccc(C)c(C)c2)cc1. The molecule has 1 nitrogen and oxygen atoms in total. The first-order chi connectivity index (χ1) is 9.11. The van der Waals surface area contributed by atoms with E-state index < -0.39 is 0 Å². The maximum absolute atomic E-state index is 3.44. The van der Waals surface area contributed by atoms with Crippen LogP contribution in [-0.4, -0.2) is 6.54 Å². The van der Waals surface area contributed by atoms with E-state index in [1.807, 2.05) is 0 Å². The zero-order valence-electron chi connectivity index (χ0n) is 12.3. The van der Waals surface area contributed by atoms with Crippen molar-refractivity contribution >= 4 is 0 Å². The van der Waals surface area contributed by atoms with Crippen LogP contribution in [0.15, 0.2) is 42.5 Å². The van der Waals surface area contributed by atoms with Crippen LogP contribution in [0.3, 0.4) is 0 Å². The molecule has 1 atom stereocenters. The Morgan fingerprint density at radius 3 is 2.11 bits per heavy atom. The summed E-state index contributed by atoms with van der Waals surface area (Å²) >= 11 is 0. The van der Waals surface area contributed by atoms with Crippen LogP contribution in [0, 0.1) is 13.8 Å². The van der Waals surface area contributed by atoms with Crippen molar-refractivity contribution in [1.29, 1.82) is 0 Å². The third-order valence-corrected chi connectivity index (χ3v) is 3.76. The van der Waals surface area contributed by atoms with Gasteiger partial charge in [0.25, 0.3) is 0 Å². The van der Waals surface area contributed by atoms with E-state index in [0.29, 0.717) is 6.04 Å². The fourth-order valence-corrected chi connectivity index (χ4v) is 2.31. The molecule has 0 aliphatic carbocycles. The van der Waals surface area contributed by atoms with Crippen LogP contribution in [0.2, 0.25) is 0 Å². The van der Waals surface area contributed by atoms with Crippen molar-refractivity contribution in [3.8, 4) is 11.1 Å². The van der Waals surface area contributed by atoms with Crippen molar-refractivity contribution in [2.75, 3.05) is 6.54 Å². The lowest BCUT2D eigenvalue weighted by atomic mass is 9.98. The summed E-state index contributed by atoms with van der Waals surface area (Å²) in [5.74, 6) is 0. The van der Waals surface area contributed by atoms with E-state index in [1.54, 1.807) is 0 Å². The molecular weight excluding hydrogens is 230 g/mol. The molecule has 0 saturated heterocycles. The lowest BCUT2D eigenvalue weighted by Crippen LogP contribution is -2.17. The van der Waals surface area contributed by atoms with Gasteiger partial charge in [-0.05, 0) is 55.1 Å². The molecule has 19 heavy (non-hydrogen) atoms. The second kappa shape index (κ2) is 6.03. The van der Waals surface area contributed by atoms with Crippen molar-refractivity contribution in [3.05, 3.63) is 59.2 Å². The molecule has 0 aliphatic rings. The van der Waals surface area contributed by atoms with Gasteiger partial charge >= 0.3 is 0 Å². The summed E-state index contributed by atoms with van der Waals surface area (Å²) < 4.78 is 0. The Morgan fingerprint density at radius 2 is 1.53 bits per heavy atom. The van der Waals surface area contributed by atoms with E-state index in [1.165, 1.54) is 27.8 Å². The highest BCUT2D eigenvalue weighted by atomic mass is 14.9. The molecule has 0 heterocycles. The number of hydrogen-bond donors (Lipinski definition) is 1. The van der Waals surface area contributed by atoms with Crippen LogP contribution in [0.1, 0.15) is 36.6 Å². The van der Waals surface area contributed by atoms with Crippen molar-refractivity contribution in [3.63, 3.8) is 0 Å². The molecule has 0 radical (unpaired) electrons. The van der Waals surface area contributed by atoms with Gasteiger partial charge in [0.05, 0.1) is 0 Å². The average molecular weight is 253 g/mol. The Morgan fingerprint density at radius 1 is 0.895 bits per heavy atom. The molecule has 0 fully saturated rings. The Hall–Kier alpha value is -1.60. The molecule has 0 saturated carbocycles. The van der Waals surface area contributed by atoms with Gasteiger partial charge in [-0.3, -0.25) is 0 Å². The molecule has 0 amide bonds. The molecule has 2 aromatic rings. The summed E-state index contributed by atoms with van der Waals surface area (Å²) in [5, 5.41) is 3.44. The van der Waals surface area contributed by atoms with E-state index in [-0.39, 0.29) is 0 Å². The van der Waals surface area contributed by atoms with Crippen LogP contribution in [0.5, 0.6) is 0 Å². The van der Waals surface area contributed by atoms with Gasteiger partial charge < -0.3 is 5.32 Å². The van der Waals surface area contributed by atoms with Crippen molar-refractivity contribution in [2.45, 2.75) is 33.7 Å². The molecule has 0 spiro atoms. The molecule has 0 aliphatic heterocycles. The maximum atomic E-state index is 3.44. The van der Waals surface area contributed by atoms with E-state index in [4.69, 9.17) is 0 Å². The van der Waals surface area contributed by atoms with Crippen LogP contribution in [-0.2, 0) is 0 Å². The average Bonchev–Trinajstić information content (AvgIpc) is 2.42. The highest BCUT2D eigenvalue weighted by molar-refractivity contribution is 5.65. The predicted molar refractivity (Wildman–Crippen MR) is 83.4 cm³/mol. The monoisotopic (exact) mass is 253 g/mol. The van der Waals surface area contributed by atoms with Gasteiger partial charge in [-0.15, -0.1) is 0 Å². The highest BCUT2D eigenvalue weighted by Crippen LogP contribution is 2.24. The van der Waals surface area contributed by atoms with Crippen molar-refractivity contribution in [2.24, 2.45) is 0 Å². The molecule has 1 unspecified atom stereocenters. The smallest absolute Gasteiger partial charge is 0.0291 e. The van der Waals surface area contributed by atoms with Gasteiger partial charge in [-0.2, -0.15) is 0 Å². The zero-order valence-corrected chi connectivity index (χ0v) is 12.3. The zero-order chi connectivity index (χ0) is 13.8. The van der Waals surface area contributed by atoms with Gasteiger partial charge in [0, 0.05) is 6.04 Å². The highest BCUT2D eigenvalue weighted by Gasteiger charge is 2.04. The Balaban J connectivity index is 2.24. The summed E-state index contributed by atoms with van der Waals surface area (Å²) in [4.78, 5) is 0.